The molecule has 1 aromatic carbocycles. The van der Waals surface area contributed by atoms with Crippen molar-refractivity contribution in [2.45, 2.75) is 52.2 Å². The van der Waals surface area contributed by atoms with Crippen LogP contribution in [-0.4, -0.2) is 85.2 Å². The van der Waals surface area contributed by atoms with Crippen molar-refractivity contribution in [2.75, 3.05) is 49.8 Å². The van der Waals surface area contributed by atoms with Crippen LogP contribution in [-0.2, 0) is 11.3 Å². The molecule has 6 heterocycles. The number of hydrogen-bond acceptors (Lipinski definition) is 9. The molecule has 1 atom stereocenters. The van der Waals surface area contributed by atoms with E-state index in [0.717, 1.165) is 65.8 Å². The smallest absolute Gasteiger partial charge is 0.271 e. The molecule has 0 spiro atoms. The van der Waals surface area contributed by atoms with Gasteiger partial charge in [-0.15, -0.1) is 0 Å². The second-order valence-electron chi connectivity index (χ2n) is 13.8. The average molecular weight is 660 g/mol. The van der Waals surface area contributed by atoms with E-state index in [2.05, 4.69) is 74.2 Å². The zero-order valence-corrected chi connectivity index (χ0v) is 28.7. The summed E-state index contributed by atoms with van der Waals surface area (Å²) in [4.78, 5) is 40.5. The summed E-state index contributed by atoms with van der Waals surface area (Å²) in [5, 5.41) is 16.5. The number of carbonyl (C=O) groups excluding carboxylic acids is 2. The molecule has 13 heteroatoms. The molecule has 1 aliphatic carbocycles. The minimum absolute atomic E-state index is 0.0154. The number of para-hydroxylation sites is 1. The van der Waals surface area contributed by atoms with Gasteiger partial charge in [-0.1, -0.05) is 18.2 Å². The Morgan fingerprint density at radius 1 is 1.00 bits per heavy atom. The second kappa shape index (κ2) is 11.7. The van der Waals surface area contributed by atoms with Gasteiger partial charge >= 0.3 is 0 Å². The van der Waals surface area contributed by atoms with Gasteiger partial charge in [0.05, 0.1) is 46.2 Å². The second-order valence-corrected chi connectivity index (χ2v) is 13.8. The number of amides is 2. The van der Waals surface area contributed by atoms with Gasteiger partial charge in [-0.25, -0.2) is 9.97 Å². The van der Waals surface area contributed by atoms with Gasteiger partial charge in [0.2, 0.25) is 5.91 Å². The van der Waals surface area contributed by atoms with Crippen LogP contribution in [0.2, 0.25) is 0 Å². The topological polar surface area (TPSA) is 129 Å². The molecule has 1 saturated heterocycles. The Bertz CT molecular complexity index is 2120. The van der Waals surface area contributed by atoms with Crippen LogP contribution in [0.15, 0.2) is 48.5 Å². The lowest BCUT2D eigenvalue weighted by atomic mass is 9.91. The summed E-state index contributed by atoms with van der Waals surface area (Å²) in [6.07, 6.45) is 1.85. The lowest BCUT2D eigenvalue weighted by Crippen LogP contribution is -2.48. The van der Waals surface area contributed by atoms with Crippen LogP contribution in [0.1, 0.15) is 65.1 Å². The van der Waals surface area contributed by atoms with E-state index in [1.807, 2.05) is 31.2 Å². The number of likely N-dealkylation sites (tertiary alicyclic amines) is 1. The molecule has 2 fully saturated rings. The maximum Gasteiger partial charge on any atom is 0.271 e. The number of nitrogens with one attached hydrogen (secondary N) is 2. The van der Waals surface area contributed by atoms with Crippen LogP contribution in [0, 0.1) is 19.8 Å². The average Bonchev–Trinajstić information content (AvgIpc) is 3.76. The van der Waals surface area contributed by atoms with Crippen molar-refractivity contribution in [1.29, 1.82) is 0 Å². The third kappa shape index (κ3) is 5.47. The molecular weight excluding hydrogens is 618 g/mol. The molecule has 0 bridgehead atoms. The fourth-order valence-electron chi connectivity index (χ4n) is 7.11. The monoisotopic (exact) mass is 659 g/mol. The summed E-state index contributed by atoms with van der Waals surface area (Å²) in [6, 6.07) is 16.0. The molecule has 2 aliphatic heterocycles. The highest BCUT2D eigenvalue weighted by molar-refractivity contribution is 5.95. The highest BCUT2D eigenvalue weighted by Gasteiger charge is 2.38. The molecule has 8 rings (SSSR count). The van der Waals surface area contributed by atoms with Crippen LogP contribution >= 0.6 is 0 Å². The molecule has 0 radical (unpaired) electrons. The zero-order chi connectivity index (χ0) is 34.1. The number of pyridine rings is 1. The van der Waals surface area contributed by atoms with E-state index in [9.17, 15) is 9.59 Å². The Labute approximate surface area is 284 Å². The number of rotatable bonds is 8. The number of aromatic nitrogens is 6. The first-order chi connectivity index (χ1) is 23.5. The van der Waals surface area contributed by atoms with Crippen LogP contribution < -0.4 is 15.5 Å². The number of anilines is 4. The number of hydrogen-bond donors (Lipinski definition) is 2. The Balaban J connectivity index is 1.07. The fraction of sp³-hybridized carbons (Fsp3) is 0.389. The normalized spacial score (nSPS) is 17.4. The van der Waals surface area contributed by atoms with Gasteiger partial charge in [0.25, 0.3) is 5.91 Å². The quantitative estimate of drug-likeness (QED) is 0.237. The van der Waals surface area contributed by atoms with Crippen molar-refractivity contribution in [3.05, 3.63) is 77.0 Å². The summed E-state index contributed by atoms with van der Waals surface area (Å²) >= 11 is 0. The van der Waals surface area contributed by atoms with Crippen molar-refractivity contribution in [1.82, 2.24) is 39.2 Å². The van der Waals surface area contributed by atoms with E-state index in [-0.39, 0.29) is 29.8 Å². The molecular formula is C36H41N11O2. The Kier molecular flexibility index (Phi) is 7.39. The predicted molar refractivity (Wildman–Crippen MR) is 188 cm³/mol. The molecule has 4 aromatic heterocycles. The standard InChI is InChI=1S/C36H41N11O2/c1-20-15-30-39-29(40-35(48)23-13-14-23)16-31(47(30)41-20)38-27-11-8-10-26-32-21(2)42-46(33(32)22(3)44(6)34(26)27)25-18-45(19-25)17-24-9-7-12-28(37-24)36(49)43(4)5/h7-12,15-16,22-23,25,38H,13-14,17-19H2,1-6H3,(H,39,40,48). The summed E-state index contributed by atoms with van der Waals surface area (Å²) in [7, 11) is 5.61. The summed E-state index contributed by atoms with van der Waals surface area (Å²) < 4.78 is 4.02. The van der Waals surface area contributed by atoms with Gasteiger partial charge in [-0.05, 0) is 51.8 Å². The Morgan fingerprint density at radius 2 is 1.78 bits per heavy atom. The largest absolute Gasteiger partial charge is 0.364 e. The van der Waals surface area contributed by atoms with Gasteiger partial charge < -0.3 is 20.4 Å². The first kappa shape index (κ1) is 31.0. The molecule has 5 aromatic rings. The SMILES string of the molecule is Cc1cc2nc(NC(=O)C3CC3)cc(Nc3cccc4c3N(C)C(C)c3c-4c(C)nn3C3CN(Cc4cccc(C(=O)N(C)C)n4)C3)n2n1. The summed E-state index contributed by atoms with van der Waals surface area (Å²) in [6.45, 7) is 8.66. The fourth-order valence-corrected chi connectivity index (χ4v) is 7.11. The highest BCUT2D eigenvalue weighted by Crippen LogP contribution is 2.50. The van der Waals surface area contributed by atoms with E-state index < -0.39 is 0 Å². The Morgan fingerprint density at radius 3 is 2.53 bits per heavy atom. The van der Waals surface area contributed by atoms with Gasteiger partial charge in [0, 0.05) is 70.0 Å². The molecule has 1 unspecified atom stereocenters. The number of carbonyl (C=O) groups is 2. The summed E-state index contributed by atoms with van der Waals surface area (Å²) in [5.41, 5.74) is 9.39. The lowest BCUT2D eigenvalue weighted by Gasteiger charge is -2.42. The molecule has 13 nitrogen and oxygen atoms in total. The van der Waals surface area contributed by atoms with Crippen LogP contribution in [0.4, 0.5) is 23.0 Å². The minimum atomic E-state index is -0.0913. The van der Waals surface area contributed by atoms with Gasteiger partial charge in [0.15, 0.2) is 5.65 Å². The van der Waals surface area contributed by atoms with Gasteiger partial charge in [-0.3, -0.25) is 19.2 Å². The van der Waals surface area contributed by atoms with Crippen LogP contribution in [0.3, 0.4) is 0 Å². The third-order valence-electron chi connectivity index (χ3n) is 9.87. The van der Waals surface area contributed by atoms with Crippen molar-refractivity contribution >= 4 is 40.5 Å². The molecule has 49 heavy (non-hydrogen) atoms. The molecule has 1 saturated carbocycles. The van der Waals surface area contributed by atoms with Gasteiger partial charge in [0.1, 0.15) is 17.3 Å². The Hall–Kier alpha value is -5.30. The van der Waals surface area contributed by atoms with Crippen molar-refractivity contribution in [3.8, 4) is 11.1 Å². The van der Waals surface area contributed by atoms with E-state index in [1.165, 1.54) is 11.3 Å². The highest BCUT2D eigenvalue weighted by atomic mass is 16.2. The van der Waals surface area contributed by atoms with E-state index in [4.69, 9.17) is 10.2 Å². The maximum absolute atomic E-state index is 12.6. The predicted octanol–water partition coefficient (Wildman–Crippen LogP) is 4.97. The first-order valence-corrected chi connectivity index (χ1v) is 16.9. The van der Waals surface area contributed by atoms with E-state index >= 15 is 0 Å². The maximum atomic E-state index is 12.6. The number of fused-ring (bicyclic) bond motifs is 4. The number of nitrogens with zero attached hydrogens (tertiary/aromatic N) is 9. The van der Waals surface area contributed by atoms with Crippen LogP contribution in [0.5, 0.6) is 0 Å². The number of aryl methyl sites for hydroxylation is 2. The number of benzene rings is 1. The summed E-state index contributed by atoms with van der Waals surface area (Å²) in [5.74, 6) is 1.23. The molecule has 2 amide bonds. The molecule has 3 aliphatic rings. The van der Waals surface area contributed by atoms with Crippen molar-refractivity contribution in [3.63, 3.8) is 0 Å². The van der Waals surface area contributed by atoms with E-state index in [0.29, 0.717) is 23.7 Å². The third-order valence-corrected chi connectivity index (χ3v) is 9.87. The van der Waals surface area contributed by atoms with Gasteiger partial charge in [-0.2, -0.15) is 14.7 Å². The lowest BCUT2D eigenvalue weighted by molar-refractivity contribution is -0.117. The van der Waals surface area contributed by atoms with Crippen molar-refractivity contribution < 1.29 is 9.59 Å². The molecule has 252 valence electrons. The first-order valence-electron chi connectivity index (χ1n) is 16.9. The van der Waals surface area contributed by atoms with E-state index in [1.54, 1.807) is 29.6 Å². The van der Waals surface area contributed by atoms with Crippen LogP contribution in [0.25, 0.3) is 16.8 Å². The zero-order valence-electron chi connectivity index (χ0n) is 28.7. The molecule has 2 N–H and O–H groups in total. The minimum Gasteiger partial charge on any atom is -0.364 e. The van der Waals surface area contributed by atoms with Crippen molar-refractivity contribution in [2.24, 2.45) is 5.92 Å².